The zero-order valence-corrected chi connectivity index (χ0v) is 17.9. The lowest BCUT2D eigenvalue weighted by molar-refractivity contribution is -0.133. The minimum absolute atomic E-state index is 0.0583. The van der Waals surface area contributed by atoms with Crippen LogP contribution < -0.4 is 15.5 Å². The number of rotatable bonds is 8. The molecule has 0 unspecified atom stereocenters. The molecule has 0 radical (unpaired) electrons. The summed E-state index contributed by atoms with van der Waals surface area (Å²) in [7, 11) is 0. The maximum Gasteiger partial charge on any atom is 0.245 e. The molecule has 0 spiro atoms. The molecule has 0 bridgehead atoms. The van der Waals surface area contributed by atoms with Gasteiger partial charge in [-0.05, 0) is 49.5 Å². The average molecular weight is 412 g/mol. The van der Waals surface area contributed by atoms with E-state index in [1.807, 2.05) is 24.3 Å². The summed E-state index contributed by atoms with van der Waals surface area (Å²) in [5, 5.41) is 6.00. The Bertz CT molecular complexity index is 779. The fourth-order valence-electron chi connectivity index (χ4n) is 4.25. The number of nitrogens with zero attached hydrogens (tertiary/aromatic N) is 1. The number of hydrogen-bond acceptors (Lipinski definition) is 3. The van der Waals surface area contributed by atoms with Crippen LogP contribution in [-0.2, 0) is 14.4 Å². The van der Waals surface area contributed by atoms with Crippen molar-refractivity contribution in [3.05, 3.63) is 35.9 Å². The Morgan fingerprint density at radius 2 is 1.83 bits per heavy atom. The predicted octanol–water partition coefficient (Wildman–Crippen LogP) is 3.56. The van der Waals surface area contributed by atoms with Gasteiger partial charge in [0.1, 0.15) is 5.54 Å². The number of hydrogen-bond donors (Lipinski definition) is 2. The first-order valence-corrected chi connectivity index (χ1v) is 11.2. The summed E-state index contributed by atoms with van der Waals surface area (Å²) in [4.78, 5) is 39.1. The van der Waals surface area contributed by atoms with Gasteiger partial charge in [0, 0.05) is 31.3 Å². The van der Waals surface area contributed by atoms with Gasteiger partial charge in [-0.15, -0.1) is 0 Å². The molecule has 1 aliphatic heterocycles. The number of amides is 3. The SMILES string of the molecule is CCCCNC(=O)C1(NC(=O)/C=C/c2ccc(N3CCCC3=O)cc2)CCCCC1. The molecule has 1 aliphatic carbocycles. The minimum Gasteiger partial charge on any atom is -0.354 e. The van der Waals surface area contributed by atoms with Crippen molar-refractivity contribution in [2.24, 2.45) is 0 Å². The monoisotopic (exact) mass is 411 g/mol. The number of benzene rings is 1. The highest BCUT2D eigenvalue weighted by Gasteiger charge is 2.40. The normalized spacial score (nSPS) is 18.6. The molecule has 1 aromatic rings. The predicted molar refractivity (Wildman–Crippen MR) is 119 cm³/mol. The van der Waals surface area contributed by atoms with E-state index in [9.17, 15) is 14.4 Å². The third-order valence-electron chi connectivity index (χ3n) is 6.03. The minimum atomic E-state index is -0.798. The molecule has 2 N–H and O–H groups in total. The molecule has 1 saturated carbocycles. The lowest BCUT2D eigenvalue weighted by Crippen LogP contribution is -2.59. The number of carbonyl (C=O) groups is 3. The largest absolute Gasteiger partial charge is 0.354 e. The Labute approximate surface area is 179 Å². The molecule has 162 valence electrons. The van der Waals surface area contributed by atoms with Crippen molar-refractivity contribution in [2.75, 3.05) is 18.0 Å². The van der Waals surface area contributed by atoms with Gasteiger partial charge in [0.05, 0.1) is 0 Å². The standard InChI is InChI=1S/C24H33N3O3/c1-2-3-17-25-23(30)24(15-5-4-6-16-24)26-21(28)14-11-19-9-12-20(13-10-19)27-18-7-8-22(27)29/h9-14H,2-8,15-18H2,1H3,(H,25,30)(H,26,28)/b14-11+. The number of anilines is 1. The Hall–Kier alpha value is -2.63. The molecule has 0 aromatic heterocycles. The Balaban J connectivity index is 1.61. The molecule has 3 amide bonds. The maximum absolute atomic E-state index is 12.8. The zero-order valence-electron chi connectivity index (χ0n) is 17.9. The van der Waals surface area contributed by atoms with Gasteiger partial charge in [-0.1, -0.05) is 44.7 Å². The molecule has 0 atom stereocenters. The molecule has 1 saturated heterocycles. The summed E-state index contributed by atoms with van der Waals surface area (Å²) in [5.74, 6) is -0.147. The molecule has 1 heterocycles. The van der Waals surface area contributed by atoms with Crippen LogP contribution in [-0.4, -0.2) is 36.3 Å². The molecule has 6 heteroatoms. The van der Waals surface area contributed by atoms with Gasteiger partial charge < -0.3 is 15.5 Å². The van der Waals surface area contributed by atoms with Crippen LogP contribution in [0.2, 0.25) is 0 Å². The molecular weight excluding hydrogens is 378 g/mol. The zero-order chi connectivity index (χ0) is 21.4. The van der Waals surface area contributed by atoms with Crippen molar-refractivity contribution < 1.29 is 14.4 Å². The maximum atomic E-state index is 12.8. The highest BCUT2D eigenvalue weighted by atomic mass is 16.2. The van der Waals surface area contributed by atoms with Gasteiger partial charge in [-0.25, -0.2) is 0 Å². The van der Waals surface area contributed by atoms with Crippen molar-refractivity contribution in [1.29, 1.82) is 0 Å². The van der Waals surface area contributed by atoms with Crippen LogP contribution >= 0.6 is 0 Å². The van der Waals surface area contributed by atoms with Crippen LogP contribution in [0, 0.1) is 0 Å². The fraction of sp³-hybridized carbons (Fsp3) is 0.542. The second-order valence-corrected chi connectivity index (χ2v) is 8.32. The molecule has 1 aromatic carbocycles. The first-order valence-electron chi connectivity index (χ1n) is 11.2. The van der Waals surface area contributed by atoms with Gasteiger partial charge >= 0.3 is 0 Å². The summed E-state index contributed by atoms with van der Waals surface area (Å²) in [5.41, 5.74) is 0.975. The first-order chi connectivity index (χ1) is 14.5. The lowest BCUT2D eigenvalue weighted by Gasteiger charge is -2.36. The van der Waals surface area contributed by atoms with Crippen molar-refractivity contribution in [3.8, 4) is 0 Å². The van der Waals surface area contributed by atoms with E-state index in [-0.39, 0.29) is 17.7 Å². The van der Waals surface area contributed by atoms with Crippen LogP contribution in [0.5, 0.6) is 0 Å². The highest BCUT2D eigenvalue weighted by Crippen LogP contribution is 2.29. The van der Waals surface area contributed by atoms with E-state index in [1.54, 1.807) is 11.0 Å². The first kappa shape index (κ1) is 22.1. The van der Waals surface area contributed by atoms with E-state index in [2.05, 4.69) is 17.6 Å². The van der Waals surface area contributed by atoms with E-state index in [0.29, 0.717) is 25.8 Å². The Kier molecular flexibility index (Phi) is 7.66. The molecule has 2 fully saturated rings. The topological polar surface area (TPSA) is 78.5 Å². The molecule has 6 nitrogen and oxygen atoms in total. The lowest BCUT2D eigenvalue weighted by atomic mass is 9.80. The summed E-state index contributed by atoms with van der Waals surface area (Å²) >= 11 is 0. The number of carbonyl (C=O) groups excluding carboxylic acids is 3. The van der Waals surface area contributed by atoms with E-state index >= 15 is 0 Å². The summed E-state index contributed by atoms with van der Waals surface area (Å²) < 4.78 is 0. The smallest absolute Gasteiger partial charge is 0.245 e. The molecule has 3 rings (SSSR count). The van der Waals surface area contributed by atoms with Gasteiger partial charge in [0.15, 0.2) is 0 Å². The number of unbranched alkanes of at least 4 members (excludes halogenated alkanes) is 1. The van der Waals surface area contributed by atoms with Gasteiger partial charge in [0.2, 0.25) is 17.7 Å². The van der Waals surface area contributed by atoms with Crippen LogP contribution in [0.15, 0.2) is 30.3 Å². The van der Waals surface area contributed by atoms with Crippen LogP contribution in [0.1, 0.15) is 70.3 Å². The quantitative estimate of drug-likeness (QED) is 0.507. The second kappa shape index (κ2) is 10.4. The van der Waals surface area contributed by atoms with Crippen molar-refractivity contribution in [1.82, 2.24) is 10.6 Å². The number of nitrogens with one attached hydrogen (secondary N) is 2. The Morgan fingerprint density at radius 1 is 1.10 bits per heavy atom. The fourth-order valence-corrected chi connectivity index (χ4v) is 4.25. The summed E-state index contributed by atoms with van der Waals surface area (Å²) in [6.45, 7) is 3.50. The van der Waals surface area contributed by atoms with E-state index < -0.39 is 5.54 Å². The average Bonchev–Trinajstić information content (AvgIpc) is 3.19. The van der Waals surface area contributed by atoms with Gasteiger partial charge in [0.25, 0.3) is 0 Å². The van der Waals surface area contributed by atoms with Crippen LogP contribution in [0.4, 0.5) is 5.69 Å². The van der Waals surface area contributed by atoms with Gasteiger partial charge in [-0.2, -0.15) is 0 Å². The van der Waals surface area contributed by atoms with E-state index in [1.165, 1.54) is 6.08 Å². The van der Waals surface area contributed by atoms with Crippen LogP contribution in [0.25, 0.3) is 6.08 Å². The third kappa shape index (κ3) is 5.49. The summed E-state index contributed by atoms with van der Waals surface area (Å²) in [6.07, 6.45) is 11.1. The molecule has 2 aliphatic rings. The van der Waals surface area contributed by atoms with Crippen molar-refractivity contribution >= 4 is 29.5 Å². The highest BCUT2D eigenvalue weighted by molar-refractivity contribution is 5.98. The third-order valence-corrected chi connectivity index (χ3v) is 6.03. The molecule has 30 heavy (non-hydrogen) atoms. The van der Waals surface area contributed by atoms with Crippen molar-refractivity contribution in [2.45, 2.75) is 70.3 Å². The molecular formula is C24H33N3O3. The van der Waals surface area contributed by atoms with E-state index in [0.717, 1.165) is 56.3 Å². The summed E-state index contributed by atoms with van der Waals surface area (Å²) in [6, 6.07) is 7.62. The Morgan fingerprint density at radius 3 is 2.47 bits per heavy atom. The van der Waals surface area contributed by atoms with Crippen LogP contribution in [0.3, 0.4) is 0 Å². The second-order valence-electron chi connectivity index (χ2n) is 8.32. The van der Waals surface area contributed by atoms with Gasteiger partial charge in [-0.3, -0.25) is 14.4 Å². The van der Waals surface area contributed by atoms with E-state index in [4.69, 9.17) is 0 Å². The van der Waals surface area contributed by atoms with Crippen molar-refractivity contribution in [3.63, 3.8) is 0 Å².